The number of fused-ring (bicyclic) bond motifs is 3. The van der Waals surface area contributed by atoms with Gasteiger partial charge in [-0.25, -0.2) is 9.37 Å². The van der Waals surface area contributed by atoms with Crippen LogP contribution in [0.1, 0.15) is 97.6 Å². The summed E-state index contributed by atoms with van der Waals surface area (Å²) in [5.41, 5.74) is 8.54. The quantitative estimate of drug-likeness (QED) is 0.0958. The van der Waals surface area contributed by atoms with Gasteiger partial charge in [0.05, 0.1) is 47.0 Å². The minimum Gasteiger partial charge on any atom is -0.481 e. The molecular weight excluding hydrogens is 932 g/mol. The van der Waals surface area contributed by atoms with Crippen LogP contribution in [0.5, 0.6) is 5.75 Å². The van der Waals surface area contributed by atoms with Crippen molar-refractivity contribution in [2.24, 2.45) is 16.3 Å². The van der Waals surface area contributed by atoms with Crippen LogP contribution in [0.4, 0.5) is 4.39 Å². The third-order valence-electron chi connectivity index (χ3n) is 13.1. The molecule has 0 unspecified atom stereocenters. The zero-order valence-corrected chi connectivity index (χ0v) is 42.4. The van der Waals surface area contributed by atoms with Crippen molar-refractivity contribution in [2.75, 3.05) is 20.3 Å². The van der Waals surface area contributed by atoms with Crippen molar-refractivity contribution in [3.8, 4) is 32.3 Å². The molecule has 1 saturated heterocycles. The number of thiophene rings is 1. The summed E-state index contributed by atoms with van der Waals surface area (Å²) in [5.74, 6) is -2.33. The summed E-state index contributed by atoms with van der Waals surface area (Å²) in [5, 5.41) is 26.2. The standard InChI is InChI=1S/C52H57FN8O7S2/c1-26-30(5)70-50-42(26)44(57-43(27(2)51(66)67-10)47-59-58-31(6)61(47)50)34-15-13-33(14-16-34)36-19-20-40(38(53)21-36)68-24-41(63)56-46(52(7,8)9)49(65)60-23-37(62)22-39(60)48(64)55-28(3)32-11-17-35(18-12-32)45-29(4)54-25-69-45/h11-21,25,27-28,37,39,43,46,62H,22-24H2,1-10H3,(H,55,64)(H,56,63)/t27-,28-,37+,39-,43-,46+/m0/s1. The van der Waals surface area contributed by atoms with E-state index in [0.717, 1.165) is 48.3 Å². The minimum absolute atomic E-state index is 0.0370. The lowest BCUT2D eigenvalue weighted by Crippen LogP contribution is -2.58. The van der Waals surface area contributed by atoms with Crippen molar-refractivity contribution in [2.45, 2.75) is 99.0 Å². The fourth-order valence-electron chi connectivity index (χ4n) is 8.98. The van der Waals surface area contributed by atoms with Crippen LogP contribution >= 0.6 is 22.7 Å². The van der Waals surface area contributed by atoms with Crippen LogP contribution in [0.25, 0.3) is 26.6 Å². The molecule has 18 heteroatoms. The third kappa shape index (κ3) is 9.89. The van der Waals surface area contributed by atoms with Gasteiger partial charge >= 0.3 is 5.97 Å². The number of nitrogens with zero attached hydrogens (tertiary/aromatic N) is 6. The zero-order chi connectivity index (χ0) is 50.3. The first-order valence-electron chi connectivity index (χ1n) is 23.1. The van der Waals surface area contributed by atoms with Crippen LogP contribution in [-0.2, 0) is 23.9 Å². The van der Waals surface area contributed by atoms with Crippen LogP contribution in [0, 0.1) is 44.8 Å². The second-order valence-corrected chi connectivity index (χ2v) is 21.1. The highest BCUT2D eigenvalue weighted by Gasteiger charge is 2.45. The fourth-order valence-corrected chi connectivity index (χ4v) is 11.0. The molecule has 2 aliphatic heterocycles. The molecule has 1 fully saturated rings. The Labute approximate surface area is 414 Å². The zero-order valence-electron chi connectivity index (χ0n) is 40.8. The lowest BCUT2D eigenvalue weighted by Gasteiger charge is -2.35. The number of methoxy groups -OCH3 is 1. The number of β-amino-alcohol motifs (C(OH)–C–C–N with tert-alkyl or cyclic N) is 1. The van der Waals surface area contributed by atoms with E-state index >= 15 is 4.39 Å². The highest BCUT2D eigenvalue weighted by atomic mass is 32.1. The van der Waals surface area contributed by atoms with E-state index in [4.69, 9.17) is 14.5 Å². The van der Waals surface area contributed by atoms with Crippen molar-refractivity contribution in [1.29, 1.82) is 0 Å². The summed E-state index contributed by atoms with van der Waals surface area (Å²) in [4.78, 5) is 67.3. The average molecular weight is 989 g/mol. The molecular formula is C52H57FN8O7S2. The molecule has 0 aliphatic carbocycles. The highest BCUT2D eigenvalue weighted by Crippen LogP contribution is 2.41. The van der Waals surface area contributed by atoms with Gasteiger partial charge in [-0.3, -0.25) is 28.7 Å². The SMILES string of the molecule is COC(=O)[C@@H](C)[C@@H]1N=C(c2ccc(-c3ccc(OCC(=O)N[C@H](C(=O)N4C[C@H](O)C[C@H]4C(=O)N[C@@H](C)c4ccc(-c5scnc5C)cc4)C(C)(C)C)c(F)c3)cc2)c2c(sc(C)c2C)-n2c(C)nnc21. The number of halogens is 1. The number of nitrogens with one attached hydrogen (secondary N) is 2. The number of hydrogen-bond acceptors (Lipinski definition) is 13. The number of thiazole rings is 1. The van der Waals surface area contributed by atoms with Gasteiger partial charge in [0.1, 0.15) is 29.0 Å². The Kier molecular flexibility index (Phi) is 14.2. The molecule has 6 atom stereocenters. The van der Waals surface area contributed by atoms with Gasteiger partial charge in [0, 0.05) is 29.0 Å². The molecule has 0 radical (unpaired) electrons. The summed E-state index contributed by atoms with van der Waals surface area (Å²) in [7, 11) is 1.35. The van der Waals surface area contributed by atoms with Crippen molar-refractivity contribution in [1.82, 2.24) is 35.3 Å². The second-order valence-electron chi connectivity index (χ2n) is 19.0. The highest BCUT2D eigenvalue weighted by molar-refractivity contribution is 7.15. The molecule has 3 aromatic heterocycles. The van der Waals surface area contributed by atoms with Crippen molar-refractivity contribution in [3.05, 3.63) is 123 Å². The van der Waals surface area contributed by atoms with Crippen molar-refractivity contribution < 1.29 is 38.1 Å². The Balaban J connectivity index is 0.928. The second kappa shape index (κ2) is 20.0. The topological polar surface area (TPSA) is 190 Å². The number of aliphatic hydroxyl groups is 1. The summed E-state index contributed by atoms with van der Waals surface area (Å²) in [6.45, 7) is 16.2. The number of hydrogen-bond donors (Lipinski definition) is 3. The monoisotopic (exact) mass is 988 g/mol. The first-order chi connectivity index (χ1) is 33.2. The predicted octanol–water partition coefficient (Wildman–Crippen LogP) is 7.94. The Hall–Kier alpha value is -6.63. The van der Waals surface area contributed by atoms with Crippen LogP contribution in [0.2, 0.25) is 0 Å². The maximum atomic E-state index is 15.7. The Morgan fingerprint density at radius 2 is 1.59 bits per heavy atom. The first-order valence-corrected chi connectivity index (χ1v) is 24.7. The molecule has 5 heterocycles. The maximum Gasteiger partial charge on any atom is 0.311 e. The number of aliphatic hydroxyl groups excluding tert-OH is 1. The van der Waals surface area contributed by atoms with Gasteiger partial charge in [0.2, 0.25) is 11.8 Å². The fraction of sp³-hybridized carbons (Fsp3) is 0.385. The lowest BCUT2D eigenvalue weighted by molar-refractivity contribution is -0.145. The van der Waals surface area contributed by atoms with Gasteiger partial charge in [-0.1, -0.05) is 75.4 Å². The summed E-state index contributed by atoms with van der Waals surface area (Å²) < 4.78 is 28.5. The van der Waals surface area contributed by atoms with Gasteiger partial charge < -0.3 is 30.1 Å². The van der Waals surface area contributed by atoms with Gasteiger partial charge in [0.25, 0.3) is 5.91 Å². The molecule has 2 aliphatic rings. The number of aryl methyl sites for hydroxylation is 3. The molecule has 15 nitrogen and oxygen atoms in total. The number of benzene rings is 3. The van der Waals surface area contributed by atoms with Crippen LogP contribution < -0.4 is 15.4 Å². The van der Waals surface area contributed by atoms with E-state index in [1.165, 1.54) is 24.1 Å². The molecule has 0 bridgehead atoms. The summed E-state index contributed by atoms with van der Waals surface area (Å²) in [6.07, 6.45) is -0.903. The minimum atomic E-state index is -1.10. The van der Waals surface area contributed by atoms with E-state index in [-0.39, 0.29) is 18.7 Å². The number of esters is 1. The Bertz CT molecular complexity index is 2990. The molecule has 8 rings (SSSR count). The van der Waals surface area contributed by atoms with Crippen LogP contribution in [0.3, 0.4) is 0 Å². The van der Waals surface area contributed by atoms with Crippen LogP contribution in [-0.4, -0.2) is 97.6 Å². The molecule has 3 aromatic carbocycles. The van der Waals surface area contributed by atoms with Gasteiger partial charge in [-0.2, -0.15) is 0 Å². The number of aromatic nitrogens is 4. The van der Waals surface area contributed by atoms with E-state index in [1.54, 1.807) is 61.9 Å². The number of carbonyl (C=O) groups excluding carboxylic acids is 4. The number of carbonyl (C=O) groups is 4. The Morgan fingerprint density at radius 3 is 2.23 bits per heavy atom. The van der Waals surface area contributed by atoms with Gasteiger partial charge in [-0.15, -0.1) is 32.9 Å². The number of rotatable bonds is 13. The van der Waals surface area contributed by atoms with Crippen molar-refractivity contribution in [3.63, 3.8) is 0 Å². The smallest absolute Gasteiger partial charge is 0.311 e. The number of ether oxygens (including phenoxy) is 2. The lowest BCUT2D eigenvalue weighted by atomic mass is 9.85. The summed E-state index contributed by atoms with van der Waals surface area (Å²) >= 11 is 3.16. The van der Waals surface area contributed by atoms with E-state index < -0.39 is 77.7 Å². The number of amides is 3. The van der Waals surface area contributed by atoms with Crippen LogP contribution in [0.15, 0.2) is 77.2 Å². The molecule has 366 valence electrons. The van der Waals surface area contributed by atoms with E-state index in [2.05, 4.69) is 32.7 Å². The molecule has 70 heavy (non-hydrogen) atoms. The predicted molar refractivity (Wildman–Crippen MR) is 267 cm³/mol. The molecule has 0 spiro atoms. The molecule has 3 amide bonds. The van der Waals surface area contributed by atoms with Crippen molar-refractivity contribution >= 4 is 52.1 Å². The molecule has 6 aromatic rings. The van der Waals surface area contributed by atoms with E-state index in [9.17, 15) is 24.3 Å². The Morgan fingerprint density at radius 1 is 0.914 bits per heavy atom. The number of aliphatic imine (C=N–C) groups is 1. The van der Waals surface area contributed by atoms with Gasteiger partial charge in [0.15, 0.2) is 24.0 Å². The molecule has 3 N–H and O–H groups in total. The first kappa shape index (κ1) is 49.8. The summed E-state index contributed by atoms with van der Waals surface area (Å²) in [6, 6.07) is 16.7. The third-order valence-corrected chi connectivity index (χ3v) is 15.2. The maximum absolute atomic E-state index is 15.7. The average Bonchev–Trinajstić information content (AvgIpc) is 4.10. The van der Waals surface area contributed by atoms with E-state index in [0.29, 0.717) is 28.5 Å². The largest absolute Gasteiger partial charge is 0.481 e. The number of likely N-dealkylation sites (tertiary alicyclic amines) is 1. The van der Waals surface area contributed by atoms with E-state index in [1.807, 2.05) is 80.8 Å². The normalized spacial score (nSPS) is 17.9. The molecule has 0 saturated carbocycles. The van der Waals surface area contributed by atoms with Gasteiger partial charge in [-0.05, 0) is 86.9 Å².